The Morgan fingerprint density at radius 3 is 2.78 bits per heavy atom. The van der Waals surface area contributed by atoms with E-state index in [1.165, 1.54) is 0 Å². The zero-order valence-corrected chi connectivity index (χ0v) is 15.9. The highest BCUT2D eigenvalue weighted by Crippen LogP contribution is 2.45. The number of esters is 1. The summed E-state index contributed by atoms with van der Waals surface area (Å²) in [6.07, 6.45) is 2.32. The first kappa shape index (κ1) is 18.4. The van der Waals surface area contributed by atoms with E-state index in [-0.39, 0.29) is 30.0 Å². The van der Waals surface area contributed by atoms with Crippen molar-refractivity contribution in [3.8, 4) is 0 Å². The first-order valence-corrected chi connectivity index (χ1v) is 9.85. The predicted molar refractivity (Wildman–Crippen MR) is 97.2 cm³/mol. The molecule has 0 radical (unpaired) electrons. The second-order valence-corrected chi connectivity index (χ2v) is 7.82. The van der Waals surface area contributed by atoms with Crippen molar-refractivity contribution in [1.29, 1.82) is 0 Å². The molecule has 27 heavy (non-hydrogen) atoms. The zero-order chi connectivity index (χ0) is 19.2. The van der Waals surface area contributed by atoms with E-state index >= 15 is 0 Å². The molecular weight excluding hydrogens is 354 g/mol. The fourth-order valence-corrected chi connectivity index (χ4v) is 4.24. The topological polar surface area (TPSA) is 58.6 Å². The van der Waals surface area contributed by atoms with Gasteiger partial charge in [-0.25, -0.2) is 4.98 Å². The molecule has 1 aromatic rings. The summed E-state index contributed by atoms with van der Waals surface area (Å²) in [7, 11) is 0. The summed E-state index contributed by atoms with van der Waals surface area (Å²) in [6, 6.07) is 0.279. The average molecular weight is 380 g/mol. The Bertz CT molecular complexity index is 743. The Balaban J connectivity index is 1.60. The molecule has 0 amide bonds. The Hall–Kier alpha value is -1.99. The first-order chi connectivity index (χ1) is 12.9. The second-order valence-electron chi connectivity index (χ2n) is 7.82. The zero-order valence-electron chi connectivity index (χ0n) is 15.9. The standard InChI is InChI=1S/C19H26F2N4O2/c1-3-27-15(26)10-13-6-8-24(11-13)17-14-4-7-19(20,21)16(14)22-18(23-17)25-9-5-12(25)2/h12-13H,3-11H2,1-2H3/t12-,13+/m0/s1. The number of carbonyl (C=O) groups excluding carboxylic acids is 1. The summed E-state index contributed by atoms with van der Waals surface area (Å²) >= 11 is 0. The van der Waals surface area contributed by atoms with E-state index in [0.717, 1.165) is 19.4 Å². The van der Waals surface area contributed by atoms with E-state index in [1.807, 2.05) is 4.90 Å². The number of ether oxygens (including phenoxy) is 1. The van der Waals surface area contributed by atoms with Crippen molar-refractivity contribution >= 4 is 17.7 Å². The van der Waals surface area contributed by atoms with Crippen LogP contribution >= 0.6 is 0 Å². The van der Waals surface area contributed by atoms with E-state index in [1.54, 1.807) is 6.92 Å². The molecule has 0 bridgehead atoms. The third-order valence-corrected chi connectivity index (χ3v) is 5.93. The number of aromatic nitrogens is 2. The summed E-state index contributed by atoms with van der Waals surface area (Å²) in [5.41, 5.74) is 0.476. The Morgan fingerprint density at radius 1 is 1.30 bits per heavy atom. The monoisotopic (exact) mass is 380 g/mol. The molecule has 0 N–H and O–H groups in total. The number of halogens is 2. The van der Waals surface area contributed by atoms with Gasteiger partial charge in [-0.15, -0.1) is 0 Å². The average Bonchev–Trinajstić information content (AvgIpc) is 3.18. The van der Waals surface area contributed by atoms with Crippen LogP contribution in [0.1, 0.15) is 50.8 Å². The van der Waals surface area contributed by atoms with E-state index in [4.69, 9.17) is 9.72 Å². The van der Waals surface area contributed by atoms with Crippen molar-refractivity contribution in [3.63, 3.8) is 0 Å². The molecule has 2 fully saturated rings. The first-order valence-electron chi connectivity index (χ1n) is 9.85. The van der Waals surface area contributed by atoms with Crippen LogP contribution in [0.15, 0.2) is 0 Å². The predicted octanol–water partition coefficient (Wildman–Crippen LogP) is 2.89. The van der Waals surface area contributed by atoms with Crippen LogP contribution < -0.4 is 9.80 Å². The van der Waals surface area contributed by atoms with E-state index < -0.39 is 5.92 Å². The van der Waals surface area contributed by atoms with Gasteiger partial charge in [0.15, 0.2) is 0 Å². The van der Waals surface area contributed by atoms with Crippen molar-refractivity contribution in [3.05, 3.63) is 11.3 Å². The van der Waals surface area contributed by atoms with Crippen LogP contribution in [0.25, 0.3) is 0 Å². The summed E-state index contributed by atoms with van der Waals surface area (Å²) < 4.78 is 33.9. The highest BCUT2D eigenvalue weighted by Gasteiger charge is 2.45. The summed E-state index contributed by atoms with van der Waals surface area (Å²) in [5.74, 6) is -1.86. The van der Waals surface area contributed by atoms with Gasteiger partial charge in [-0.3, -0.25) is 4.79 Å². The third-order valence-electron chi connectivity index (χ3n) is 5.93. The second kappa shape index (κ2) is 6.87. The minimum absolute atomic E-state index is 0.101. The molecule has 148 valence electrons. The molecule has 2 atom stereocenters. The lowest BCUT2D eigenvalue weighted by Crippen LogP contribution is -2.47. The van der Waals surface area contributed by atoms with Crippen molar-refractivity contribution in [2.75, 3.05) is 36.0 Å². The quantitative estimate of drug-likeness (QED) is 0.732. The van der Waals surface area contributed by atoms with Gasteiger partial charge >= 0.3 is 5.97 Å². The number of alkyl halides is 2. The molecule has 4 rings (SSSR count). The van der Waals surface area contributed by atoms with Gasteiger partial charge in [0, 0.05) is 37.7 Å². The van der Waals surface area contributed by atoms with Crippen molar-refractivity contribution < 1.29 is 18.3 Å². The molecule has 0 saturated carbocycles. The van der Waals surface area contributed by atoms with Gasteiger partial charge in [-0.1, -0.05) is 0 Å². The summed E-state index contributed by atoms with van der Waals surface area (Å²) in [4.78, 5) is 24.8. The fraction of sp³-hybridized carbons (Fsp3) is 0.737. The van der Waals surface area contributed by atoms with E-state index in [9.17, 15) is 13.6 Å². The molecule has 0 unspecified atom stereocenters. The number of carbonyl (C=O) groups is 1. The van der Waals surface area contributed by atoms with Crippen LogP contribution in [0.2, 0.25) is 0 Å². The lowest BCUT2D eigenvalue weighted by molar-refractivity contribution is -0.144. The van der Waals surface area contributed by atoms with Crippen LogP contribution in [0.4, 0.5) is 20.5 Å². The highest BCUT2D eigenvalue weighted by atomic mass is 19.3. The fourth-order valence-electron chi connectivity index (χ4n) is 4.24. The molecule has 1 aliphatic carbocycles. The molecule has 0 spiro atoms. The van der Waals surface area contributed by atoms with Gasteiger partial charge < -0.3 is 14.5 Å². The van der Waals surface area contributed by atoms with Gasteiger partial charge in [-0.2, -0.15) is 13.8 Å². The van der Waals surface area contributed by atoms with Crippen molar-refractivity contribution in [2.45, 2.75) is 57.9 Å². The lowest BCUT2D eigenvalue weighted by atomic mass is 10.1. The lowest BCUT2D eigenvalue weighted by Gasteiger charge is -2.39. The van der Waals surface area contributed by atoms with Crippen LogP contribution in [0.3, 0.4) is 0 Å². The smallest absolute Gasteiger partial charge is 0.306 e. The Morgan fingerprint density at radius 2 is 2.11 bits per heavy atom. The van der Waals surface area contributed by atoms with Crippen LogP contribution in [-0.2, 0) is 21.9 Å². The number of hydrogen-bond acceptors (Lipinski definition) is 6. The summed E-state index contributed by atoms with van der Waals surface area (Å²) in [6.45, 7) is 6.39. The van der Waals surface area contributed by atoms with Gasteiger partial charge in [0.25, 0.3) is 5.92 Å². The van der Waals surface area contributed by atoms with E-state index in [2.05, 4.69) is 16.8 Å². The van der Waals surface area contributed by atoms with Gasteiger partial charge in [0.05, 0.1) is 13.0 Å². The van der Waals surface area contributed by atoms with Crippen molar-refractivity contribution in [1.82, 2.24) is 9.97 Å². The Kier molecular flexibility index (Phi) is 4.68. The van der Waals surface area contributed by atoms with Gasteiger partial charge in [0.1, 0.15) is 11.5 Å². The molecule has 1 aromatic heterocycles. The minimum atomic E-state index is -2.89. The normalized spacial score (nSPS) is 26.1. The third kappa shape index (κ3) is 3.34. The highest BCUT2D eigenvalue weighted by molar-refractivity contribution is 5.70. The molecular formula is C19H26F2N4O2. The van der Waals surface area contributed by atoms with Crippen LogP contribution in [-0.4, -0.2) is 48.2 Å². The van der Waals surface area contributed by atoms with Crippen LogP contribution in [0, 0.1) is 5.92 Å². The van der Waals surface area contributed by atoms with Crippen LogP contribution in [0.5, 0.6) is 0 Å². The molecule has 0 aromatic carbocycles. The summed E-state index contributed by atoms with van der Waals surface area (Å²) in [5, 5.41) is 0. The molecule has 3 aliphatic rings. The largest absolute Gasteiger partial charge is 0.466 e. The maximum absolute atomic E-state index is 14.4. The SMILES string of the molecule is CCOC(=O)C[C@H]1CCN(c2nc(N3CC[C@@H]3C)nc3c2CCC3(F)F)C1. The maximum Gasteiger partial charge on any atom is 0.306 e. The molecule has 2 aliphatic heterocycles. The number of nitrogens with zero attached hydrogens (tertiary/aromatic N) is 4. The number of fused-ring (bicyclic) bond motifs is 1. The Labute approximate surface area is 157 Å². The molecule has 2 saturated heterocycles. The molecule has 8 heteroatoms. The van der Waals surface area contributed by atoms with E-state index in [0.29, 0.717) is 49.9 Å². The van der Waals surface area contributed by atoms with Gasteiger partial charge in [-0.05, 0) is 39.0 Å². The van der Waals surface area contributed by atoms with Gasteiger partial charge in [0.2, 0.25) is 5.95 Å². The minimum Gasteiger partial charge on any atom is -0.466 e. The maximum atomic E-state index is 14.4. The molecule has 6 nitrogen and oxygen atoms in total. The van der Waals surface area contributed by atoms with Crippen molar-refractivity contribution in [2.24, 2.45) is 5.92 Å². The molecule has 3 heterocycles. The number of rotatable bonds is 5. The number of anilines is 2. The number of hydrogen-bond donors (Lipinski definition) is 0.